The van der Waals surface area contributed by atoms with Gasteiger partial charge < -0.3 is 4.74 Å². The van der Waals surface area contributed by atoms with Crippen LogP contribution in [0.3, 0.4) is 0 Å². The highest BCUT2D eigenvalue weighted by Gasteiger charge is 2.44. The molecule has 1 heteroatoms. The van der Waals surface area contributed by atoms with Crippen LogP contribution in [0, 0.1) is 5.41 Å². The van der Waals surface area contributed by atoms with E-state index in [2.05, 4.69) is 45.0 Å². The molecule has 18 heavy (non-hydrogen) atoms. The monoisotopic (exact) mass is 244 g/mol. The van der Waals surface area contributed by atoms with Gasteiger partial charge in [-0.05, 0) is 41.7 Å². The van der Waals surface area contributed by atoms with E-state index in [4.69, 9.17) is 4.74 Å². The lowest BCUT2D eigenvalue weighted by atomic mass is 9.61. The first kappa shape index (κ1) is 12.2. The van der Waals surface area contributed by atoms with Gasteiger partial charge in [0.1, 0.15) is 0 Å². The first-order valence-corrected chi connectivity index (χ1v) is 7.20. The molecule has 2 aliphatic rings. The van der Waals surface area contributed by atoms with E-state index in [0.717, 1.165) is 13.2 Å². The molecule has 2 atom stereocenters. The van der Waals surface area contributed by atoms with Crippen molar-refractivity contribution in [1.82, 2.24) is 0 Å². The fourth-order valence-corrected chi connectivity index (χ4v) is 3.91. The highest BCUT2D eigenvalue weighted by atomic mass is 16.5. The molecule has 0 N–H and O–H groups in total. The number of fused-ring (bicyclic) bond motifs is 2. The Bertz CT molecular complexity index is 435. The summed E-state index contributed by atoms with van der Waals surface area (Å²) in [6.07, 6.45) is 3.82. The Morgan fingerprint density at radius 2 is 1.94 bits per heavy atom. The molecule has 98 valence electrons. The maximum atomic E-state index is 5.72. The van der Waals surface area contributed by atoms with E-state index in [1.54, 1.807) is 11.1 Å². The van der Waals surface area contributed by atoms with E-state index < -0.39 is 0 Å². The minimum atomic E-state index is 0.332. The van der Waals surface area contributed by atoms with Gasteiger partial charge in [0.15, 0.2) is 0 Å². The molecular formula is C17H24O. The van der Waals surface area contributed by atoms with Crippen LogP contribution in [0.15, 0.2) is 24.3 Å². The van der Waals surface area contributed by atoms with Gasteiger partial charge in [-0.1, -0.05) is 45.0 Å². The first-order valence-electron chi connectivity index (χ1n) is 7.20. The number of rotatable bonds is 0. The van der Waals surface area contributed by atoms with Crippen molar-refractivity contribution in [3.05, 3.63) is 35.4 Å². The molecule has 0 amide bonds. The van der Waals surface area contributed by atoms with E-state index in [-0.39, 0.29) is 0 Å². The quantitative estimate of drug-likeness (QED) is 0.662. The molecule has 1 aliphatic carbocycles. The summed E-state index contributed by atoms with van der Waals surface area (Å²) >= 11 is 0. The van der Waals surface area contributed by atoms with Gasteiger partial charge >= 0.3 is 0 Å². The topological polar surface area (TPSA) is 9.23 Å². The fraction of sp³-hybridized carbons (Fsp3) is 0.647. The number of benzene rings is 1. The van der Waals surface area contributed by atoms with Crippen LogP contribution in [0.5, 0.6) is 0 Å². The zero-order valence-corrected chi connectivity index (χ0v) is 11.8. The van der Waals surface area contributed by atoms with Gasteiger partial charge in [-0.2, -0.15) is 0 Å². The van der Waals surface area contributed by atoms with Gasteiger partial charge in [0.2, 0.25) is 0 Å². The zero-order chi connectivity index (χ0) is 12.8. The van der Waals surface area contributed by atoms with Gasteiger partial charge in [-0.15, -0.1) is 0 Å². The number of hydrogen-bond acceptors (Lipinski definition) is 1. The lowest BCUT2D eigenvalue weighted by Gasteiger charge is -2.43. The van der Waals surface area contributed by atoms with Gasteiger partial charge in [0, 0.05) is 12.0 Å². The summed E-state index contributed by atoms with van der Waals surface area (Å²) < 4.78 is 5.72. The average molecular weight is 244 g/mol. The van der Waals surface area contributed by atoms with Gasteiger partial charge in [0.05, 0.1) is 6.61 Å². The third-order valence-electron chi connectivity index (χ3n) is 4.97. The van der Waals surface area contributed by atoms with E-state index in [9.17, 15) is 0 Å². The summed E-state index contributed by atoms with van der Waals surface area (Å²) in [7, 11) is 0. The summed E-state index contributed by atoms with van der Waals surface area (Å²) in [5.41, 5.74) is 3.85. The highest BCUT2D eigenvalue weighted by molar-refractivity contribution is 5.41. The molecule has 0 aromatic heterocycles. The van der Waals surface area contributed by atoms with Crippen LogP contribution in [-0.4, -0.2) is 13.2 Å². The summed E-state index contributed by atoms with van der Waals surface area (Å²) in [5.74, 6) is 0.694. The van der Waals surface area contributed by atoms with Crippen molar-refractivity contribution in [2.45, 2.75) is 51.4 Å². The molecule has 2 unspecified atom stereocenters. The van der Waals surface area contributed by atoms with Crippen molar-refractivity contribution in [3.63, 3.8) is 0 Å². The van der Waals surface area contributed by atoms with Crippen molar-refractivity contribution >= 4 is 0 Å². The van der Waals surface area contributed by atoms with Crippen LogP contribution in [0.25, 0.3) is 0 Å². The number of ether oxygens (including phenoxy) is 1. The molecule has 1 aromatic rings. The van der Waals surface area contributed by atoms with E-state index in [1.165, 1.54) is 19.3 Å². The smallest absolute Gasteiger partial charge is 0.0563 e. The average Bonchev–Trinajstić information content (AvgIpc) is 2.78. The maximum absolute atomic E-state index is 5.72. The third-order valence-corrected chi connectivity index (χ3v) is 4.97. The Labute approximate surface area is 111 Å². The normalized spacial score (nSPS) is 31.6. The summed E-state index contributed by atoms with van der Waals surface area (Å²) in [4.78, 5) is 0. The Morgan fingerprint density at radius 3 is 2.61 bits per heavy atom. The Morgan fingerprint density at radius 1 is 1.17 bits per heavy atom. The number of hydrogen-bond donors (Lipinski definition) is 0. The molecule has 1 aliphatic heterocycles. The van der Waals surface area contributed by atoms with Gasteiger partial charge in [-0.3, -0.25) is 0 Å². The van der Waals surface area contributed by atoms with Crippen LogP contribution in [-0.2, 0) is 10.2 Å². The van der Waals surface area contributed by atoms with Crippen molar-refractivity contribution in [2.24, 2.45) is 5.41 Å². The van der Waals surface area contributed by atoms with Crippen LogP contribution in [0.1, 0.15) is 57.1 Å². The van der Waals surface area contributed by atoms with Crippen molar-refractivity contribution in [3.8, 4) is 0 Å². The van der Waals surface area contributed by atoms with E-state index in [0.29, 0.717) is 16.7 Å². The van der Waals surface area contributed by atoms with E-state index >= 15 is 0 Å². The third kappa shape index (κ3) is 1.80. The predicted octanol–water partition coefficient (Wildman–Crippen LogP) is 4.27. The minimum absolute atomic E-state index is 0.332. The molecule has 0 radical (unpaired) electrons. The molecule has 1 nitrogen and oxygen atoms in total. The first-order chi connectivity index (χ1) is 8.53. The second-order valence-corrected chi connectivity index (χ2v) is 7.13. The van der Waals surface area contributed by atoms with Crippen LogP contribution in [0.4, 0.5) is 0 Å². The highest BCUT2D eigenvalue weighted by Crippen LogP contribution is 2.52. The zero-order valence-electron chi connectivity index (χ0n) is 11.8. The summed E-state index contributed by atoms with van der Waals surface area (Å²) in [6, 6.07) is 9.10. The lowest BCUT2D eigenvalue weighted by molar-refractivity contribution is 0.162. The van der Waals surface area contributed by atoms with Crippen molar-refractivity contribution in [2.75, 3.05) is 13.2 Å². The van der Waals surface area contributed by atoms with Gasteiger partial charge in [-0.25, -0.2) is 0 Å². The summed E-state index contributed by atoms with van der Waals surface area (Å²) in [6.45, 7) is 8.99. The minimum Gasteiger partial charge on any atom is -0.380 e. The molecule has 1 heterocycles. The Hall–Kier alpha value is -0.820. The molecule has 1 fully saturated rings. The molecular weight excluding hydrogens is 220 g/mol. The van der Waals surface area contributed by atoms with Crippen molar-refractivity contribution in [1.29, 1.82) is 0 Å². The van der Waals surface area contributed by atoms with Crippen LogP contribution >= 0.6 is 0 Å². The predicted molar refractivity (Wildman–Crippen MR) is 75.0 cm³/mol. The Kier molecular flexibility index (Phi) is 2.78. The molecule has 1 spiro atoms. The SMILES string of the molecule is CC(C)(C)C1CCC2(CCOC2)c2ccccc21. The maximum Gasteiger partial charge on any atom is 0.0563 e. The molecule has 0 saturated carbocycles. The van der Waals surface area contributed by atoms with Crippen LogP contribution in [0.2, 0.25) is 0 Å². The standard InChI is InChI=1S/C17H24O/c1-16(2,3)14-8-9-17(10-11-18-12-17)15-7-5-4-6-13(14)15/h4-7,14H,8-12H2,1-3H3. The van der Waals surface area contributed by atoms with Crippen LogP contribution < -0.4 is 0 Å². The fourth-order valence-electron chi connectivity index (χ4n) is 3.91. The Balaban J connectivity index is 2.08. The molecule has 3 rings (SSSR count). The molecule has 0 bridgehead atoms. The molecule has 1 aromatic carbocycles. The lowest BCUT2D eigenvalue weighted by Crippen LogP contribution is -2.36. The second kappa shape index (κ2) is 4.09. The van der Waals surface area contributed by atoms with Gasteiger partial charge in [0.25, 0.3) is 0 Å². The largest absolute Gasteiger partial charge is 0.380 e. The molecule has 1 saturated heterocycles. The summed E-state index contributed by atoms with van der Waals surface area (Å²) in [5, 5.41) is 0. The second-order valence-electron chi connectivity index (χ2n) is 7.13. The van der Waals surface area contributed by atoms with E-state index in [1.807, 2.05) is 0 Å². The van der Waals surface area contributed by atoms with Crippen molar-refractivity contribution < 1.29 is 4.74 Å².